The van der Waals surface area contributed by atoms with Crippen LogP contribution in [0.25, 0.3) is 0 Å². The van der Waals surface area contributed by atoms with Crippen LogP contribution in [0.3, 0.4) is 0 Å². The van der Waals surface area contributed by atoms with E-state index in [4.69, 9.17) is 18.0 Å². The maximum Gasteiger partial charge on any atom is 0.227 e. The van der Waals surface area contributed by atoms with E-state index >= 15 is 0 Å². The Morgan fingerprint density at radius 1 is 1.56 bits per heavy atom. The van der Waals surface area contributed by atoms with Gasteiger partial charge in [-0.25, -0.2) is 4.39 Å². The van der Waals surface area contributed by atoms with E-state index in [0.717, 1.165) is 6.42 Å². The van der Waals surface area contributed by atoms with Crippen molar-refractivity contribution in [1.29, 1.82) is 0 Å². The summed E-state index contributed by atoms with van der Waals surface area (Å²) in [6.45, 7) is 2.75. The van der Waals surface area contributed by atoms with E-state index < -0.39 is 5.82 Å². The first-order valence-electron chi connectivity index (χ1n) is 5.74. The summed E-state index contributed by atoms with van der Waals surface area (Å²) in [7, 11) is 0. The molecule has 2 nitrogen and oxygen atoms in total. The van der Waals surface area contributed by atoms with Crippen LogP contribution in [-0.2, 0) is 11.2 Å². The Labute approximate surface area is 112 Å². The number of carbonyl (C=O) groups is 1. The van der Waals surface area contributed by atoms with E-state index in [2.05, 4.69) is 5.92 Å². The average Bonchev–Trinajstić information content (AvgIpc) is 2.33. The third kappa shape index (κ3) is 3.75. The molecule has 18 heavy (non-hydrogen) atoms. The van der Waals surface area contributed by atoms with E-state index in [0.29, 0.717) is 6.54 Å². The molecule has 1 aromatic rings. The van der Waals surface area contributed by atoms with Gasteiger partial charge >= 0.3 is 0 Å². The minimum absolute atomic E-state index is 0.0623. The number of rotatable bonds is 5. The Bertz CT molecular complexity index is 447. The zero-order valence-corrected chi connectivity index (χ0v) is 11.0. The van der Waals surface area contributed by atoms with Crippen molar-refractivity contribution in [2.24, 2.45) is 0 Å². The monoisotopic (exact) mass is 267 g/mol. The Kier molecular flexibility index (Phi) is 5.67. The van der Waals surface area contributed by atoms with Gasteiger partial charge in [-0.05, 0) is 18.6 Å². The maximum absolute atomic E-state index is 13.6. The van der Waals surface area contributed by atoms with Gasteiger partial charge in [-0.1, -0.05) is 30.5 Å². The summed E-state index contributed by atoms with van der Waals surface area (Å²) in [4.78, 5) is 13.5. The molecule has 4 heteroatoms. The lowest BCUT2D eigenvalue weighted by molar-refractivity contribution is -0.129. The SMILES string of the molecule is C#CCN(CCC)C(=O)Cc1c(F)cccc1Cl. The predicted octanol–water partition coefficient (Wildman–Crippen LogP) is 2.89. The molecule has 0 aliphatic rings. The van der Waals surface area contributed by atoms with Crippen molar-refractivity contribution < 1.29 is 9.18 Å². The van der Waals surface area contributed by atoms with Crippen molar-refractivity contribution in [3.8, 4) is 12.3 Å². The Hall–Kier alpha value is -1.53. The molecule has 0 heterocycles. The lowest BCUT2D eigenvalue weighted by Crippen LogP contribution is -2.33. The second-order valence-corrected chi connectivity index (χ2v) is 4.30. The number of halogens is 2. The van der Waals surface area contributed by atoms with Crippen LogP contribution in [0.1, 0.15) is 18.9 Å². The number of amides is 1. The molecule has 0 fully saturated rings. The van der Waals surface area contributed by atoms with Gasteiger partial charge in [0.1, 0.15) is 5.82 Å². The van der Waals surface area contributed by atoms with Gasteiger partial charge in [0.15, 0.2) is 0 Å². The van der Waals surface area contributed by atoms with Crippen LogP contribution in [0.5, 0.6) is 0 Å². The van der Waals surface area contributed by atoms with Crippen molar-refractivity contribution in [3.05, 3.63) is 34.6 Å². The Morgan fingerprint density at radius 3 is 2.83 bits per heavy atom. The number of terminal acetylenes is 1. The summed E-state index contributed by atoms with van der Waals surface area (Å²) >= 11 is 5.88. The summed E-state index contributed by atoms with van der Waals surface area (Å²) in [5, 5.41) is 0.264. The van der Waals surface area contributed by atoms with Crippen LogP contribution in [0.4, 0.5) is 4.39 Å². The highest BCUT2D eigenvalue weighted by Crippen LogP contribution is 2.20. The van der Waals surface area contributed by atoms with E-state index in [1.165, 1.54) is 17.0 Å². The third-order valence-corrected chi connectivity index (χ3v) is 2.87. The number of benzene rings is 1. The van der Waals surface area contributed by atoms with E-state index in [1.54, 1.807) is 6.07 Å². The van der Waals surface area contributed by atoms with Crippen LogP contribution in [0.2, 0.25) is 5.02 Å². The molecule has 0 unspecified atom stereocenters. The fourth-order valence-electron chi connectivity index (χ4n) is 1.64. The molecule has 0 aliphatic heterocycles. The fraction of sp³-hybridized carbons (Fsp3) is 0.357. The molecule has 1 rings (SSSR count). The van der Waals surface area contributed by atoms with Gasteiger partial charge in [-0.2, -0.15) is 0 Å². The van der Waals surface area contributed by atoms with Crippen LogP contribution >= 0.6 is 11.6 Å². The first kappa shape index (κ1) is 14.5. The topological polar surface area (TPSA) is 20.3 Å². The number of nitrogens with zero attached hydrogens (tertiary/aromatic N) is 1. The summed E-state index contributed by atoms with van der Waals surface area (Å²) in [5.41, 5.74) is 0.224. The molecule has 0 bridgehead atoms. The van der Waals surface area contributed by atoms with Crippen LogP contribution in [0, 0.1) is 18.2 Å². The second-order valence-electron chi connectivity index (χ2n) is 3.90. The molecule has 0 saturated carbocycles. The largest absolute Gasteiger partial charge is 0.331 e. The predicted molar refractivity (Wildman–Crippen MR) is 70.8 cm³/mol. The Balaban J connectivity index is 2.83. The molecular formula is C14H15ClFNO. The fourth-order valence-corrected chi connectivity index (χ4v) is 1.87. The van der Waals surface area contributed by atoms with Crippen molar-refractivity contribution in [2.45, 2.75) is 19.8 Å². The lowest BCUT2D eigenvalue weighted by Gasteiger charge is -2.19. The molecule has 0 N–H and O–H groups in total. The number of hydrogen-bond acceptors (Lipinski definition) is 1. The van der Waals surface area contributed by atoms with Gasteiger partial charge < -0.3 is 4.90 Å². The summed E-state index contributed by atoms with van der Waals surface area (Å²) in [6.07, 6.45) is 5.95. The first-order valence-corrected chi connectivity index (χ1v) is 6.12. The standard InChI is InChI=1S/C14H15ClFNO/c1-3-8-17(9-4-2)14(18)10-11-12(15)6-5-7-13(11)16/h1,5-7H,4,8-10H2,2H3. The van der Waals surface area contributed by atoms with Crippen LogP contribution in [0.15, 0.2) is 18.2 Å². The minimum atomic E-state index is -0.465. The van der Waals surface area contributed by atoms with Crippen molar-refractivity contribution >= 4 is 17.5 Å². The van der Waals surface area contributed by atoms with Gasteiger partial charge in [-0.3, -0.25) is 4.79 Å². The molecule has 0 saturated heterocycles. The van der Waals surface area contributed by atoms with Crippen LogP contribution in [-0.4, -0.2) is 23.9 Å². The molecule has 0 aromatic heterocycles. The van der Waals surface area contributed by atoms with Gasteiger partial charge in [0, 0.05) is 17.1 Å². The number of carbonyl (C=O) groups excluding carboxylic acids is 1. The second kappa shape index (κ2) is 7.03. The third-order valence-electron chi connectivity index (χ3n) is 2.52. The summed E-state index contributed by atoms with van der Waals surface area (Å²) < 4.78 is 13.6. The highest BCUT2D eigenvalue weighted by molar-refractivity contribution is 6.31. The molecule has 0 aliphatic carbocycles. The molecule has 0 radical (unpaired) electrons. The minimum Gasteiger partial charge on any atom is -0.331 e. The van der Waals surface area contributed by atoms with E-state index in [9.17, 15) is 9.18 Å². The zero-order valence-electron chi connectivity index (χ0n) is 10.2. The molecule has 96 valence electrons. The van der Waals surface area contributed by atoms with Gasteiger partial charge in [0.2, 0.25) is 5.91 Å². The molecule has 0 atom stereocenters. The molecule has 0 spiro atoms. The lowest BCUT2D eigenvalue weighted by atomic mass is 10.1. The Morgan fingerprint density at radius 2 is 2.28 bits per heavy atom. The van der Waals surface area contributed by atoms with Gasteiger partial charge in [0.25, 0.3) is 0 Å². The van der Waals surface area contributed by atoms with E-state index in [1.807, 2.05) is 6.92 Å². The number of hydrogen-bond donors (Lipinski definition) is 0. The van der Waals surface area contributed by atoms with Crippen molar-refractivity contribution in [2.75, 3.05) is 13.1 Å². The van der Waals surface area contributed by atoms with E-state index in [-0.39, 0.29) is 29.5 Å². The molecular weight excluding hydrogens is 253 g/mol. The van der Waals surface area contributed by atoms with Crippen molar-refractivity contribution in [3.63, 3.8) is 0 Å². The summed E-state index contributed by atoms with van der Waals surface area (Å²) in [6, 6.07) is 4.37. The smallest absolute Gasteiger partial charge is 0.227 e. The molecule has 1 aromatic carbocycles. The highest BCUT2D eigenvalue weighted by atomic mass is 35.5. The summed E-state index contributed by atoms with van der Waals surface area (Å²) in [5.74, 6) is 1.76. The molecule has 1 amide bonds. The quantitative estimate of drug-likeness (QED) is 0.751. The van der Waals surface area contributed by atoms with Crippen LogP contribution < -0.4 is 0 Å². The highest BCUT2D eigenvalue weighted by Gasteiger charge is 2.16. The first-order chi connectivity index (χ1) is 8.60. The zero-order chi connectivity index (χ0) is 13.5. The van der Waals surface area contributed by atoms with Gasteiger partial charge in [-0.15, -0.1) is 6.42 Å². The van der Waals surface area contributed by atoms with Gasteiger partial charge in [0.05, 0.1) is 13.0 Å². The van der Waals surface area contributed by atoms with Crippen molar-refractivity contribution in [1.82, 2.24) is 4.90 Å². The maximum atomic E-state index is 13.6. The normalized spacial score (nSPS) is 9.89. The average molecular weight is 268 g/mol.